The Morgan fingerprint density at radius 2 is 1.27 bits per heavy atom. The van der Waals surface area contributed by atoms with Gasteiger partial charge >= 0.3 is 18.3 Å². The summed E-state index contributed by atoms with van der Waals surface area (Å²) < 4.78 is 71.5. The van der Waals surface area contributed by atoms with Crippen molar-refractivity contribution in [2.75, 3.05) is 0 Å². The fraction of sp³-hybridized carbons (Fsp3) is 0.500. The summed E-state index contributed by atoms with van der Waals surface area (Å²) in [4.78, 5) is 9.98. The highest BCUT2D eigenvalue weighted by Gasteiger charge is 2.73. The van der Waals surface area contributed by atoms with Crippen LogP contribution in [0, 0.1) is 0 Å². The molecule has 0 aliphatic rings. The first kappa shape index (κ1) is 13.8. The summed E-state index contributed by atoms with van der Waals surface area (Å²) in [5, 5.41) is 16.4. The molecular formula is C6H4F6O3. The molecule has 0 aromatic heterocycles. The van der Waals surface area contributed by atoms with Crippen LogP contribution < -0.4 is 0 Å². The minimum Gasteiger partial charge on any atom is -0.478 e. The highest BCUT2D eigenvalue weighted by molar-refractivity contribution is 5.88. The van der Waals surface area contributed by atoms with Gasteiger partial charge in [-0.25, -0.2) is 4.79 Å². The van der Waals surface area contributed by atoms with Gasteiger partial charge in [0.2, 0.25) is 0 Å². The van der Waals surface area contributed by atoms with Gasteiger partial charge in [0.15, 0.2) is 0 Å². The van der Waals surface area contributed by atoms with Crippen molar-refractivity contribution >= 4 is 5.97 Å². The number of aliphatic hydroxyl groups is 1. The number of hydrogen-bond acceptors (Lipinski definition) is 2. The van der Waals surface area contributed by atoms with Crippen LogP contribution >= 0.6 is 0 Å². The van der Waals surface area contributed by atoms with Crippen molar-refractivity contribution in [1.82, 2.24) is 0 Å². The fourth-order valence-electron chi connectivity index (χ4n) is 0.658. The smallest absolute Gasteiger partial charge is 0.430 e. The Kier molecular flexibility index (Phi) is 3.12. The van der Waals surface area contributed by atoms with Crippen molar-refractivity contribution in [2.45, 2.75) is 18.0 Å². The van der Waals surface area contributed by atoms with Crippen LogP contribution in [0.2, 0.25) is 0 Å². The number of carboxylic acid groups (broad SMARTS) is 1. The second-order valence-corrected chi connectivity index (χ2v) is 2.49. The van der Waals surface area contributed by atoms with E-state index in [0.29, 0.717) is 0 Å². The van der Waals surface area contributed by atoms with Crippen molar-refractivity contribution in [1.29, 1.82) is 0 Å². The maximum Gasteiger partial charge on any atom is 0.430 e. The van der Waals surface area contributed by atoms with E-state index in [4.69, 9.17) is 10.2 Å². The number of aliphatic carboxylic acids is 1. The highest BCUT2D eigenvalue weighted by Crippen LogP contribution is 2.46. The van der Waals surface area contributed by atoms with E-state index in [1.807, 2.05) is 0 Å². The fourth-order valence-corrected chi connectivity index (χ4v) is 0.658. The SMILES string of the molecule is C=C(C(=O)O)C(O)(C(F)(F)F)C(F)(F)F. The topological polar surface area (TPSA) is 57.5 Å². The lowest BCUT2D eigenvalue weighted by Gasteiger charge is -2.31. The van der Waals surface area contributed by atoms with E-state index in [9.17, 15) is 31.1 Å². The maximum atomic E-state index is 11.9. The standard InChI is InChI=1S/C6H4F6O3/c1-2(3(13)14)4(15,5(7,8)9)6(10,11)12/h15H,1H2,(H,13,14). The molecular weight excluding hydrogens is 234 g/mol. The Morgan fingerprint density at radius 3 is 1.33 bits per heavy atom. The Hall–Kier alpha value is -1.25. The molecule has 0 aromatic carbocycles. The minimum absolute atomic E-state index is 2.07. The largest absolute Gasteiger partial charge is 0.478 e. The molecule has 0 radical (unpaired) electrons. The average Bonchev–Trinajstić information content (AvgIpc) is 1.96. The van der Waals surface area contributed by atoms with Crippen molar-refractivity contribution in [3.63, 3.8) is 0 Å². The van der Waals surface area contributed by atoms with Gasteiger partial charge in [-0.05, 0) is 0 Å². The molecule has 0 saturated heterocycles. The highest BCUT2D eigenvalue weighted by atomic mass is 19.4. The monoisotopic (exact) mass is 238 g/mol. The summed E-state index contributed by atoms with van der Waals surface area (Å²) in [7, 11) is 0. The van der Waals surface area contributed by atoms with Gasteiger partial charge in [-0.15, -0.1) is 0 Å². The normalized spacial score (nSPS) is 13.8. The van der Waals surface area contributed by atoms with Gasteiger partial charge < -0.3 is 10.2 Å². The van der Waals surface area contributed by atoms with Crippen LogP contribution in [0.15, 0.2) is 12.2 Å². The van der Waals surface area contributed by atoms with E-state index in [1.54, 1.807) is 0 Å². The molecule has 0 aliphatic heterocycles. The van der Waals surface area contributed by atoms with Gasteiger partial charge in [0.05, 0.1) is 5.57 Å². The molecule has 0 aliphatic carbocycles. The minimum atomic E-state index is -6.21. The van der Waals surface area contributed by atoms with E-state index < -0.39 is 29.5 Å². The number of carbonyl (C=O) groups is 1. The van der Waals surface area contributed by atoms with Crippen LogP contribution in [0.1, 0.15) is 0 Å². The van der Waals surface area contributed by atoms with Crippen molar-refractivity contribution in [3.8, 4) is 0 Å². The van der Waals surface area contributed by atoms with E-state index in [0.717, 1.165) is 0 Å². The molecule has 2 N–H and O–H groups in total. The summed E-state index contributed by atoms with van der Waals surface area (Å²) >= 11 is 0. The third-order valence-electron chi connectivity index (χ3n) is 1.52. The predicted molar refractivity (Wildman–Crippen MR) is 33.8 cm³/mol. The lowest BCUT2D eigenvalue weighted by Crippen LogP contribution is -2.59. The third kappa shape index (κ3) is 2.06. The molecule has 0 spiro atoms. The third-order valence-corrected chi connectivity index (χ3v) is 1.52. The van der Waals surface area contributed by atoms with Gasteiger partial charge in [-0.3, -0.25) is 0 Å². The zero-order valence-corrected chi connectivity index (χ0v) is 6.78. The van der Waals surface area contributed by atoms with Crippen LogP contribution in [0.4, 0.5) is 26.3 Å². The Balaban J connectivity index is 5.64. The number of rotatable bonds is 2. The lowest BCUT2D eigenvalue weighted by atomic mass is 9.93. The van der Waals surface area contributed by atoms with Gasteiger partial charge in [0.1, 0.15) is 0 Å². The number of halogens is 6. The molecule has 0 heterocycles. The summed E-state index contributed by atoms with van der Waals surface area (Å²) in [6, 6.07) is 0. The molecule has 0 saturated carbocycles. The second kappa shape index (κ2) is 3.40. The van der Waals surface area contributed by atoms with E-state index in [2.05, 4.69) is 6.58 Å². The molecule has 9 heteroatoms. The first-order valence-electron chi connectivity index (χ1n) is 3.14. The Bertz CT molecular complexity index is 274. The molecule has 3 nitrogen and oxygen atoms in total. The summed E-state index contributed by atoms with van der Waals surface area (Å²) in [6.07, 6.45) is -12.4. The van der Waals surface area contributed by atoms with Crippen LogP contribution in [0.5, 0.6) is 0 Å². The Labute approximate surface area is 78.6 Å². The number of alkyl halides is 6. The maximum absolute atomic E-state index is 11.9. The summed E-state index contributed by atoms with van der Waals surface area (Å²) in [5.41, 5.74) is -7.84. The van der Waals surface area contributed by atoms with Crippen LogP contribution in [-0.4, -0.2) is 34.1 Å². The zero-order chi connectivity index (χ0) is 12.7. The van der Waals surface area contributed by atoms with Gasteiger partial charge in [-0.1, -0.05) is 6.58 Å². The second-order valence-electron chi connectivity index (χ2n) is 2.49. The molecule has 0 aromatic rings. The lowest BCUT2D eigenvalue weighted by molar-refractivity contribution is -0.351. The zero-order valence-electron chi connectivity index (χ0n) is 6.78. The van der Waals surface area contributed by atoms with Gasteiger partial charge in [0, 0.05) is 0 Å². The van der Waals surface area contributed by atoms with E-state index in [-0.39, 0.29) is 0 Å². The van der Waals surface area contributed by atoms with Crippen LogP contribution in [-0.2, 0) is 4.79 Å². The molecule has 0 atom stereocenters. The Morgan fingerprint density at radius 1 is 1.00 bits per heavy atom. The summed E-state index contributed by atoms with van der Waals surface area (Å²) in [5.74, 6) is -2.59. The average molecular weight is 238 g/mol. The molecule has 0 bridgehead atoms. The number of hydrogen-bond donors (Lipinski definition) is 2. The van der Waals surface area contributed by atoms with E-state index >= 15 is 0 Å². The predicted octanol–water partition coefficient (Wildman–Crippen LogP) is 1.48. The van der Waals surface area contributed by atoms with Gasteiger partial charge in [0.25, 0.3) is 5.60 Å². The van der Waals surface area contributed by atoms with Crippen molar-refractivity contribution < 1.29 is 41.4 Å². The molecule has 0 rings (SSSR count). The number of carboxylic acids is 1. The van der Waals surface area contributed by atoms with Crippen LogP contribution in [0.3, 0.4) is 0 Å². The first-order chi connectivity index (χ1) is 6.35. The van der Waals surface area contributed by atoms with Crippen molar-refractivity contribution in [2.24, 2.45) is 0 Å². The van der Waals surface area contributed by atoms with E-state index in [1.165, 1.54) is 0 Å². The van der Waals surface area contributed by atoms with Gasteiger partial charge in [-0.2, -0.15) is 26.3 Å². The quantitative estimate of drug-likeness (QED) is 0.566. The van der Waals surface area contributed by atoms with Crippen molar-refractivity contribution in [3.05, 3.63) is 12.2 Å². The molecule has 15 heavy (non-hydrogen) atoms. The summed E-state index contributed by atoms with van der Waals surface area (Å²) in [6.45, 7) is 2.07. The first-order valence-corrected chi connectivity index (χ1v) is 3.14. The van der Waals surface area contributed by atoms with Crippen LogP contribution in [0.25, 0.3) is 0 Å². The molecule has 0 unspecified atom stereocenters. The molecule has 88 valence electrons. The molecule has 0 amide bonds. The molecule has 0 fully saturated rings.